The molecule has 8 heteroatoms. The van der Waals surface area contributed by atoms with Gasteiger partial charge in [-0.05, 0) is 19.1 Å². The predicted octanol–water partition coefficient (Wildman–Crippen LogP) is 1.62. The molecule has 5 nitrogen and oxygen atoms in total. The van der Waals surface area contributed by atoms with Crippen LogP contribution >= 0.6 is 22.7 Å². The van der Waals surface area contributed by atoms with E-state index in [-0.39, 0.29) is 0 Å². The van der Waals surface area contributed by atoms with Crippen molar-refractivity contribution in [3.63, 3.8) is 0 Å². The molecule has 2 rings (SSSR count). The standard InChI is InChI=1S/C10H13N3O2S3/c1-7-2-3-9(17-7)18(14,15)12-5-4-8-6-16-10(11)13-8/h2-3,6,12H,4-5H2,1H3,(H2,11,13). The number of thiazole rings is 1. The molecule has 98 valence electrons. The van der Waals surface area contributed by atoms with E-state index in [0.717, 1.165) is 10.6 Å². The minimum Gasteiger partial charge on any atom is -0.375 e. The van der Waals surface area contributed by atoms with E-state index >= 15 is 0 Å². The summed E-state index contributed by atoms with van der Waals surface area (Å²) in [6.07, 6.45) is 0.539. The van der Waals surface area contributed by atoms with E-state index in [0.29, 0.717) is 22.3 Å². The fraction of sp³-hybridized carbons (Fsp3) is 0.300. The second-order valence-electron chi connectivity index (χ2n) is 3.69. The van der Waals surface area contributed by atoms with E-state index in [1.165, 1.54) is 22.7 Å². The van der Waals surface area contributed by atoms with Gasteiger partial charge < -0.3 is 5.73 Å². The maximum absolute atomic E-state index is 11.9. The number of hydrogen-bond donors (Lipinski definition) is 2. The molecule has 0 aliphatic heterocycles. The summed E-state index contributed by atoms with van der Waals surface area (Å²) in [6.45, 7) is 2.20. The van der Waals surface area contributed by atoms with Gasteiger partial charge in [0.1, 0.15) is 4.21 Å². The number of nitrogen functional groups attached to an aromatic ring is 1. The fourth-order valence-electron chi connectivity index (χ4n) is 1.38. The van der Waals surface area contributed by atoms with Crippen molar-refractivity contribution in [3.05, 3.63) is 28.1 Å². The lowest BCUT2D eigenvalue weighted by Crippen LogP contribution is -2.25. The van der Waals surface area contributed by atoms with Gasteiger partial charge in [-0.15, -0.1) is 22.7 Å². The lowest BCUT2D eigenvalue weighted by atomic mass is 10.3. The van der Waals surface area contributed by atoms with Crippen LogP contribution in [0, 0.1) is 6.92 Å². The molecule has 0 amide bonds. The maximum atomic E-state index is 11.9. The number of nitrogens with zero attached hydrogens (tertiary/aromatic N) is 1. The third kappa shape index (κ3) is 3.29. The smallest absolute Gasteiger partial charge is 0.250 e. The molecule has 0 aliphatic rings. The molecule has 0 bridgehead atoms. The zero-order chi connectivity index (χ0) is 13.2. The van der Waals surface area contributed by atoms with E-state index in [2.05, 4.69) is 9.71 Å². The van der Waals surface area contributed by atoms with Crippen molar-refractivity contribution >= 4 is 37.8 Å². The minimum atomic E-state index is -3.39. The van der Waals surface area contributed by atoms with Gasteiger partial charge in [0.05, 0.1) is 5.69 Å². The van der Waals surface area contributed by atoms with Crippen molar-refractivity contribution in [1.82, 2.24) is 9.71 Å². The van der Waals surface area contributed by atoms with Crippen LogP contribution in [0.2, 0.25) is 0 Å². The van der Waals surface area contributed by atoms with E-state index in [1.807, 2.05) is 12.3 Å². The largest absolute Gasteiger partial charge is 0.375 e. The average Bonchev–Trinajstić information content (AvgIpc) is 2.88. The molecular formula is C10H13N3O2S3. The van der Waals surface area contributed by atoms with Crippen molar-refractivity contribution < 1.29 is 8.42 Å². The highest BCUT2D eigenvalue weighted by Crippen LogP contribution is 2.20. The molecule has 2 aromatic rings. The van der Waals surface area contributed by atoms with Crippen LogP contribution in [-0.2, 0) is 16.4 Å². The first-order chi connectivity index (χ1) is 8.47. The number of nitrogens with one attached hydrogen (secondary N) is 1. The van der Waals surface area contributed by atoms with Crippen LogP contribution in [0.1, 0.15) is 10.6 Å². The summed E-state index contributed by atoms with van der Waals surface area (Å²) < 4.78 is 26.7. The van der Waals surface area contributed by atoms with Gasteiger partial charge >= 0.3 is 0 Å². The van der Waals surface area contributed by atoms with E-state index in [4.69, 9.17) is 5.73 Å². The van der Waals surface area contributed by atoms with Crippen LogP contribution < -0.4 is 10.5 Å². The number of thiophene rings is 1. The molecule has 3 N–H and O–H groups in total. The Morgan fingerprint density at radius 1 is 1.44 bits per heavy atom. The monoisotopic (exact) mass is 303 g/mol. The van der Waals surface area contributed by atoms with Crippen molar-refractivity contribution in [2.75, 3.05) is 12.3 Å². The van der Waals surface area contributed by atoms with Gasteiger partial charge in [0.25, 0.3) is 0 Å². The third-order valence-corrected chi connectivity index (χ3v) is 5.90. The lowest BCUT2D eigenvalue weighted by molar-refractivity contribution is 0.583. The average molecular weight is 303 g/mol. The topological polar surface area (TPSA) is 85.1 Å². The summed E-state index contributed by atoms with van der Waals surface area (Å²) in [4.78, 5) is 5.05. The zero-order valence-corrected chi connectivity index (χ0v) is 12.2. The van der Waals surface area contributed by atoms with E-state index < -0.39 is 10.0 Å². The van der Waals surface area contributed by atoms with Crippen LogP contribution in [0.15, 0.2) is 21.7 Å². The Morgan fingerprint density at radius 2 is 2.22 bits per heavy atom. The van der Waals surface area contributed by atoms with Gasteiger partial charge in [-0.25, -0.2) is 18.1 Å². The molecule has 0 aliphatic carbocycles. The van der Waals surface area contributed by atoms with Crippen molar-refractivity contribution in [3.8, 4) is 0 Å². The molecule has 0 fully saturated rings. The van der Waals surface area contributed by atoms with E-state index in [1.54, 1.807) is 12.1 Å². The summed E-state index contributed by atoms with van der Waals surface area (Å²) >= 11 is 2.61. The number of aryl methyl sites for hydroxylation is 1. The SMILES string of the molecule is Cc1ccc(S(=O)(=O)NCCc2csc(N)n2)s1. The van der Waals surface area contributed by atoms with Gasteiger partial charge in [-0.2, -0.15) is 0 Å². The van der Waals surface area contributed by atoms with Gasteiger partial charge in [0, 0.05) is 23.2 Å². The number of rotatable bonds is 5. The molecule has 0 saturated heterocycles. The molecule has 0 atom stereocenters. The quantitative estimate of drug-likeness (QED) is 0.879. The Morgan fingerprint density at radius 3 is 2.78 bits per heavy atom. The molecule has 0 unspecified atom stereocenters. The Kier molecular flexibility index (Phi) is 4.00. The first-order valence-electron chi connectivity index (χ1n) is 5.23. The summed E-state index contributed by atoms with van der Waals surface area (Å²) in [6, 6.07) is 3.41. The van der Waals surface area contributed by atoms with Crippen LogP contribution in [0.5, 0.6) is 0 Å². The number of anilines is 1. The maximum Gasteiger partial charge on any atom is 0.250 e. The van der Waals surface area contributed by atoms with Crippen molar-refractivity contribution in [2.24, 2.45) is 0 Å². The minimum absolute atomic E-state index is 0.322. The van der Waals surface area contributed by atoms with Crippen LogP contribution in [0.4, 0.5) is 5.13 Å². The molecule has 2 heterocycles. The van der Waals surface area contributed by atoms with Gasteiger partial charge in [0.15, 0.2) is 5.13 Å². The van der Waals surface area contributed by atoms with E-state index in [9.17, 15) is 8.42 Å². The third-order valence-electron chi connectivity index (χ3n) is 2.22. The second-order valence-corrected chi connectivity index (χ2v) is 7.86. The molecule has 0 aromatic carbocycles. The summed E-state index contributed by atoms with van der Waals surface area (Å²) in [5.41, 5.74) is 6.31. The Balaban J connectivity index is 1.93. The van der Waals surface area contributed by atoms with Crippen molar-refractivity contribution in [1.29, 1.82) is 0 Å². The van der Waals surface area contributed by atoms with Crippen molar-refractivity contribution in [2.45, 2.75) is 17.6 Å². The highest BCUT2D eigenvalue weighted by Gasteiger charge is 2.15. The van der Waals surface area contributed by atoms with Gasteiger partial charge in [-0.1, -0.05) is 0 Å². The van der Waals surface area contributed by atoms with Gasteiger partial charge in [0.2, 0.25) is 10.0 Å². The molecule has 18 heavy (non-hydrogen) atoms. The van der Waals surface area contributed by atoms with Crippen LogP contribution in [-0.4, -0.2) is 19.9 Å². The summed E-state index contributed by atoms with van der Waals surface area (Å²) in [7, 11) is -3.39. The molecular weight excluding hydrogens is 290 g/mol. The molecule has 0 saturated carbocycles. The normalized spacial score (nSPS) is 11.8. The first-order valence-corrected chi connectivity index (χ1v) is 8.41. The summed E-state index contributed by atoms with van der Waals surface area (Å²) in [5, 5.41) is 2.33. The highest BCUT2D eigenvalue weighted by molar-refractivity contribution is 7.91. The van der Waals surface area contributed by atoms with Crippen LogP contribution in [0.25, 0.3) is 0 Å². The Bertz CT molecular complexity index is 630. The lowest BCUT2D eigenvalue weighted by Gasteiger charge is -2.02. The fourth-order valence-corrected chi connectivity index (χ4v) is 4.34. The summed E-state index contributed by atoms with van der Waals surface area (Å²) in [5.74, 6) is 0. The van der Waals surface area contributed by atoms with Crippen LogP contribution in [0.3, 0.4) is 0 Å². The highest BCUT2D eigenvalue weighted by atomic mass is 32.2. The molecule has 0 radical (unpaired) electrons. The van der Waals surface area contributed by atoms with Gasteiger partial charge in [-0.3, -0.25) is 0 Å². The molecule has 0 spiro atoms. The predicted molar refractivity (Wildman–Crippen MR) is 74.5 cm³/mol. The molecule has 2 aromatic heterocycles. The number of sulfonamides is 1. The number of nitrogens with two attached hydrogens (primary N) is 1. The Labute approximate surface area is 114 Å². The first kappa shape index (κ1) is 13.5. The number of hydrogen-bond acceptors (Lipinski definition) is 6. The zero-order valence-electron chi connectivity index (χ0n) is 9.71. The number of aromatic nitrogens is 1. The second kappa shape index (κ2) is 5.35. The Hall–Kier alpha value is -0.960.